The van der Waals surface area contributed by atoms with Crippen molar-refractivity contribution in [1.82, 2.24) is 4.90 Å². The SMILES string of the molecule is CCC(C)CC(CC)(CN)N1CCOC2CCCCC21. The molecule has 2 fully saturated rings. The number of ether oxygens (including phenoxy) is 1. The van der Waals surface area contributed by atoms with Crippen molar-refractivity contribution in [2.24, 2.45) is 11.7 Å². The highest BCUT2D eigenvalue weighted by Gasteiger charge is 2.44. The van der Waals surface area contributed by atoms with Crippen LogP contribution >= 0.6 is 0 Å². The lowest BCUT2D eigenvalue weighted by Crippen LogP contribution is -2.64. The molecule has 1 saturated heterocycles. The van der Waals surface area contributed by atoms with Gasteiger partial charge in [0.2, 0.25) is 0 Å². The zero-order valence-electron chi connectivity index (χ0n) is 13.7. The molecule has 0 bridgehead atoms. The van der Waals surface area contributed by atoms with E-state index in [1.54, 1.807) is 0 Å². The van der Waals surface area contributed by atoms with Crippen LogP contribution in [-0.4, -0.2) is 42.3 Å². The van der Waals surface area contributed by atoms with Crippen LogP contribution in [0.5, 0.6) is 0 Å². The van der Waals surface area contributed by atoms with Crippen LogP contribution in [-0.2, 0) is 4.74 Å². The van der Waals surface area contributed by atoms with Crippen molar-refractivity contribution in [1.29, 1.82) is 0 Å². The van der Waals surface area contributed by atoms with Crippen LogP contribution in [0.1, 0.15) is 65.7 Å². The molecule has 3 nitrogen and oxygen atoms in total. The number of hydrogen-bond donors (Lipinski definition) is 1. The van der Waals surface area contributed by atoms with Crippen molar-refractivity contribution in [2.45, 2.75) is 83.4 Å². The van der Waals surface area contributed by atoms with E-state index in [9.17, 15) is 0 Å². The number of hydrogen-bond acceptors (Lipinski definition) is 3. The summed E-state index contributed by atoms with van der Waals surface area (Å²) in [7, 11) is 0. The summed E-state index contributed by atoms with van der Waals surface area (Å²) >= 11 is 0. The van der Waals surface area contributed by atoms with Crippen molar-refractivity contribution >= 4 is 0 Å². The second-order valence-electron chi connectivity index (χ2n) is 6.95. The van der Waals surface area contributed by atoms with Gasteiger partial charge in [-0.1, -0.05) is 40.0 Å². The molecule has 0 aromatic carbocycles. The molecular weight excluding hydrogens is 248 g/mol. The number of rotatable bonds is 6. The molecule has 118 valence electrons. The van der Waals surface area contributed by atoms with Gasteiger partial charge in [0.15, 0.2) is 0 Å². The fourth-order valence-corrected chi connectivity index (χ4v) is 4.29. The van der Waals surface area contributed by atoms with Gasteiger partial charge in [0.25, 0.3) is 0 Å². The van der Waals surface area contributed by atoms with Crippen LogP contribution in [0.4, 0.5) is 0 Å². The Morgan fingerprint density at radius 3 is 2.70 bits per heavy atom. The Kier molecular flexibility index (Phi) is 5.88. The predicted octanol–water partition coefficient (Wildman–Crippen LogP) is 3.17. The van der Waals surface area contributed by atoms with E-state index in [2.05, 4.69) is 25.7 Å². The first-order valence-corrected chi connectivity index (χ1v) is 8.75. The minimum absolute atomic E-state index is 0.194. The van der Waals surface area contributed by atoms with E-state index in [0.717, 1.165) is 32.0 Å². The van der Waals surface area contributed by atoms with Crippen molar-refractivity contribution in [3.05, 3.63) is 0 Å². The molecule has 3 heteroatoms. The minimum atomic E-state index is 0.194. The van der Waals surface area contributed by atoms with Gasteiger partial charge in [-0.15, -0.1) is 0 Å². The first-order valence-electron chi connectivity index (χ1n) is 8.75. The van der Waals surface area contributed by atoms with Gasteiger partial charge in [-0.05, 0) is 31.6 Å². The first-order chi connectivity index (χ1) is 9.66. The molecule has 20 heavy (non-hydrogen) atoms. The van der Waals surface area contributed by atoms with E-state index >= 15 is 0 Å². The fraction of sp³-hybridized carbons (Fsp3) is 1.00. The molecule has 2 N–H and O–H groups in total. The van der Waals surface area contributed by atoms with Crippen LogP contribution in [0, 0.1) is 5.92 Å². The normalized spacial score (nSPS) is 32.4. The molecule has 1 saturated carbocycles. The third-order valence-electron chi connectivity index (χ3n) is 5.80. The maximum absolute atomic E-state index is 6.29. The summed E-state index contributed by atoms with van der Waals surface area (Å²) in [5, 5.41) is 0. The van der Waals surface area contributed by atoms with Gasteiger partial charge < -0.3 is 10.5 Å². The molecule has 4 atom stereocenters. The van der Waals surface area contributed by atoms with E-state index in [4.69, 9.17) is 10.5 Å². The van der Waals surface area contributed by atoms with Gasteiger partial charge in [-0.2, -0.15) is 0 Å². The maximum atomic E-state index is 6.29. The molecule has 0 amide bonds. The lowest BCUT2D eigenvalue weighted by Gasteiger charge is -2.54. The molecule has 2 aliphatic rings. The Labute approximate surface area is 125 Å². The van der Waals surface area contributed by atoms with E-state index in [0.29, 0.717) is 12.1 Å². The molecule has 0 radical (unpaired) electrons. The second-order valence-corrected chi connectivity index (χ2v) is 6.95. The van der Waals surface area contributed by atoms with E-state index in [-0.39, 0.29) is 5.54 Å². The maximum Gasteiger partial charge on any atom is 0.0731 e. The molecule has 1 aliphatic carbocycles. The number of nitrogens with zero attached hydrogens (tertiary/aromatic N) is 1. The molecule has 1 aliphatic heterocycles. The molecule has 0 aromatic rings. The zero-order chi connectivity index (χ0) is 14.6. The Morgan fingerprint density at radius 2 is 2.05 bits per heavy atom. The second kappa shape index (κ2) is 7.24. The van der Waals surface area contributed by atoms with Crippen LogP contribution in [0.25, 0.3) is 0 Å². The van der Waals surface area contributed by atoms with Gasteiger partial charge in [-0.3, -0.25) is 4.90 Å². The standard InChI is InChI=1S/C17H34N2O/c1-4-14(3)12-17(5-2,13-18)19-10-11-20-16-9-7-6-8-15(16)19/h14-16H,4-13,18H2,1-3H3. The Hall–Kier alpha value is -0.120. The van der Waals surface area contributed by atoms with Gasteiger partial charge in [-0.25, -0.2) is 0 Å². The summed E-state index contributed by atoms with van der Waals surface area (Å²) in [6.07, 6.45) is 9.35. The van der Waals surface area contributed by atoms with Crippen molar-refractivity contribution in [3.63, 3.8) is 0 Å². The van der Waals surface area contributed by atoms with Crippen LogP contribution in [0.15, 0.2) is 0 Å². The number of fused-ring (bicyclic) bond motifs is 1. The van der Waals surface area contributed by atoms with E-state index in [1.165, 1.54) is 38.5 Å². The highest BCUT2D eigenvalue weighted by Crippen LogP contribution is 2.37. The quantitative estimate of drug-likeness (QED) is 0.813. The molecule has 0 aromatic heterocycles. The average Bonchev–Trinajstić information content (AvgIpc) is 2.52. The zero-order valence-corrected chi connectivity index (χ0v) is 13.7. The largest absolute Gasteiger partial charge is 0.375 e. The summed E-state index contributed by atoms with van der Waals surface area (Å²) in [4.78, 5) is 2.76. The van der Waals surface area contributed by atoms with Gasteiger partial charge in [0.1, 0.15) is 0 Å². The summed E-state index contributed by atoms with van der Waals surface area (Å²) in [6, 6.07) is 0.616. The van der Waals surface area contributed by atoms with Crippen molar-refractivity contribution in [2.75, 3.05) is 19.7 Å². The Morgan fingerprint density at radius 1 is 1.30 bits per heavy atom. The third-order valence-corrected chi connectivity index (χ3v) is 5.80. The Bertz CT molecular complexity index is 289. The first kappa shape index (κ1) is 16.3. The third kappa shape index (κ3) is 3.20. The lowest BCUT2D eigenvalue weighted by molar-refractivity contribution is -0.130. The molecule has 0 spiro atoms. The van der Waals surface area contributed by atoms with E-state index < -0.39 is 0 Å². The smallest absolute Gasteiger partial charge is 0.0731 e. The molecule has 2 rings (SSSR count). The van der Waals surface area contributed by atoms with Crippen molar-refractivity contribution in [3.8, 4) is 0 Å². The molecule has 1 heterocycles. The topological polar surface area (TPSA) is 38.5 Å². The number of morpholine rings is 1. The summed E-state index contributed by atoms with van der Waals surface area (Å²) in [6.45, 7) is 9.74. The summed E-state index contributed by atoms with van der Waals surface area (Å²) in [5.41, 5.74) is 6.49. The van der Waals surface area contributed by atoms with Crippen LogP contribution in [0.2, 0.25) is 0 Å². The molecule has 4 unspecified atom stereocenters. The van der Waals surface area contributed by atoms with E-state index in [1.807, 2.05) is 0 Å². The fourth-order valence-electron chi connectivity index (χ4n) is 4.29. The minimum Gasteiger partial charge on any atom is -0.375 e. The average molecular weight is 282 g/mol. The van der Waals surface area contributed by atoms with Gasteiger partial charge >= 0.3 is 0 Å². The lowest BCUT2D eigenvalue weighted by atomic mass is 9.79. The highest BCUT2D eigenvalue weighted by molar-refractivity contribution is 4.99. The van der Waals surface area contributed by atoms with Gasteiger partial charge in [0.05, 0.1) is 12.7 Å². The monoisotopic (exact) mass is 282 g/mol. The van der Waals surface area contributed by atoms with Crippen molar-refractivity contribution < 1.29 is 4.74 Å². The van der Waals surface area contributed by atoms with Crippen LogP contribution < -0.4 is 5.73 Å². The predicted molar refractivity (Wildman–Crippen MR) is 84.9 cm³/mol. The number of nitrogens with two attached hydrogens (primary N) is 1. The Balaban J connectivity index is 2.17. The summed E-state index contributed by atoms with van der Waals surface area (Å²) < 4.78 is 6.05. The van der Waals surface area contributed by atoms with Crippen LogP contribution in [0.3, 0.4) is 0 Å². The molecular formula is C17H34N2O. The summed E-state index contributed by atoms with van der Waals surface area (Å²) in [5.74, 6) is 0.753. The highest BCUT2D eigenvalue weighted by atomic mass is 16.5. The van der Waals surface area contributed by atoms with Gasteiger partial charge in [0, 0.05) is 24.7 Å².